The number of carbonyl (C=O) groups excluding carboxylic acids is 1. The van der Waals surface area contributed by atoms with Crippen LogP contribution in [0.15, 0.2) is 48.5 Å². The molecule has 0 aliphatic heterocycles. The number of hydrogen-bond acceptors (Lipinski definition) is 4. The van der Waals surface area contributed by atoms with E-state index in [2.05, 4.69) is 44.2 Å². The maximum absolute atomic E-state index is 12.4. The van der Waals surface area contributed by atoms with Gasteiger partial charge >= 0.3 is 0 Å². The summed E-state index contributed by atoms with van der Waals surface area (Å²) >= 11 is 0. The number of methoxy groups -OCH3 is 1. The molecule has 4 heteroatoms. The molecule has 2 aromatic rings. The highest BCUT2D eigenvalue weighted by atomic mass is 16.5. The Hall–Kier alpha value is -2.33. The summed E-state index contributed by atoms with van der Waals surface area (Å²) in [7, 11) is 1.64. The first kappa shape index (κ1) is 28.9. The first-order valence-electron chi connectivity index (χ1n) is 13.5. The van der Waals surface area contributed by atoms with E-state index >= 15 is 0 Å². The van der Waals surface area contributed by atoms with Crippen molar-refractivity contribution >= 4 is 5.78 Å². The topological polar surface area (TPSA) is 55.8 Å². The van der Waals surface area contributed by atoms with Crippen LogP contribution in [0, 0.1) is 5.92 Å². The van der Waals surface area contributed by atoms with Crippen molar-refractivity contribution in [2.24, 2.45) is 5.92 Å². The van der Waals surface area contributed by atoms with Crippen molar-refractivity contribution in [3.8, 4) is 11.5 Å². The summed E-state index contributed by atoms with van der Waals surface area (Å²) in [5.41, 5.74) is 2.46. The molecule has 1 N–H and O–H groups in total. The van der Waals surface area contributed by atoms with Crippen molar-refractivity contribution in [1.82, 2.24) is 0 Å². The molecule has 0 saturated heterocycles. The number of carbonyl (C=O) groups is 1. The lowest BCUT2D eigenvalue weighted by Crippen LogP contribution is -2.14. The summed E-state index contributed by atoms with van der Waals surface area (Å²) in [5, 5.41) is 10.3. The minimum atomic E-state index is -0.525. The normalized spacial score (nSPS) is 12.0. The molecule has 4 nitrogen and oxygen atoms in total. The van der Waals surface area contributed by atoms with Gasteiger partial charge in [-0.2, -0.15) is 0 Å². The van der Waals surface area contributed by atoms with Crippen molar-refractivity contribution in [1.29, 1.82) is 0 Å². The molecule has 0 aromatic heterocycles. The number of aliphatic hydroxyl groups excluding tert-OH is 1. The Balaban J connectivity index is 1.59. The second kappa shape index (κ2) is 17.2. The summed E-state index contributed by atoms with van der Waals surface area (Å²) < 4.78 is 11.4. The van der Waals surface area contributed by atoms with Crippen molar-refractivity contribution in [3.05, 3.63) is 59.7 Å². The average Bonchev–Trinajstić information content (AvgIpc) is 2.85. The molecule has 1 atom stereocenters. The molecule has 0 bridgehead atoms. The van der Waals surface area contributed by atoms with Crippen LogP contribution < -0.4 is 9.47 Å². The van der Waals surface area contributed by atoms with Gasteiger partial charge < -0.3 is 14.6 Å². The predicted molar refractivity (Wildman–Crippen MR) is 144 cm³/mol. The molecule has 0 aliphatic rings. The number of aryl methyl sites for hydroxylation is 2. The average molecular weight is 483 g/mol. The zero-order valence-electron chi connectivity index (χ0n) is 22.1. The van der Waals surface area contributed by atoms with Gasteiger partial charge in [-0.1, -0.05) is 75.9 Å². The quantitative estimate of drug-likeness (QED) is 0.213. The molecule has 2 rings (SSSR count). The van der Waals surface area contributed by atoms with Gasteiger partial charge in [-0.3, -0.25) is 4.79 Å². The summed E-state index contributed by atoms with van der Waals surface area (Å²) in [5.74, 6) is 2.25. The molecule has 194 valence electrons. The highest BCUT2D eigenvalue weighted by Crippen LogP contribution is 2.29. The third-order valence-corrected chi connectivity index (χ3v) is 6.41. The van der Waals surface area contributed by atoms with Crippen LogP contribution >= 0.6 is 0 Å². The Morgan fingerprint density at radius 2 is 1.57 bits per heavy atom. The summed E-state index contributed by atoms with van der Waals surface area (Å²) in [4.78, 5) is 12.4. The largest absolute Gasteiger partial charge is 0.493 e. The third kappa shape index (κ3) is 12.8. The molecule has 0 radical (unpaired) electrons. The Labute approximate surface area is 213 Å². The molecule has 2 aromatic carbocycles. The van der Waals surface area contributed by atoms with Crippen LogP contribution in [0.25, 0.3) is 0 Å². The zero-order chi connectivity index (χ0) is 25.3. The van der Waals surface area contributed by atoms with Crippen LogP contribution in [-0.2, 0) is 17.6 Å². The summed E-state index contributed by atoms with van der Waals surface area (Å²) in [6, 6.07) is 16.5. The van der Waals surface area contributed by atoms with E-state index < -0.39 is 6.10 Å². The van der Waals surface area contributed by atoms with E-state index in [4.69, 9.17) is 9.47 Å². The van der Waals surface area contributed by atoms with Crippen molar-refractivity contribution in [2.75, 3.05) is 13.7 Å². The number of hydrogen-bond donors (Lipinski definition) is 1. The molecule has 35 heavy (non-hydrogen) atoms. The van der Waals surface area contributed by atoms with Gasteiger partial charge in [-0.05, 0) is 67.7 Å². The SMILES string of the molecule is COc1ccc(CCC(=O)C[C@@H](O)CCCCCCCc2ccccc2)cc1OCCCC(C)C. The lowest BCUT2D eigenvalue weighted by molar-refractivity contribution is -0.121. The van der Waals surface area contributed by atoms with Crippen molar-refractivity contribution in [2.45, 2.75) is 97.0 Å². The van der Waals surface area contributed by atoms with Crippen LogP contribution in [0.3, 0.4) is 0 Å². The monoisotopic (exact) mass is 482 g/mol. The fourth-order valence-corrected chi connectivity index (χ4v) is 4.30. The fourth-order valence-electron chi connectivity index (χ4n) is 4.30. The molecule has 0 fully saturated rings. The van der Waals surface area contributed by atoms with Crippen LogP contribution in [0.5, 0.6) is 11.5 Å². The van der Waals surface area contributed by atoms with E-state index in [1.54, 1.807) is 7.11 Å². The lowest BCUT2D eigenvalue weighted by atomic mass is 10.00. The molecule has 0 amide bonds. The van der Waals surface area contributed by atoms with E-state index in [-0.39, 0.29) is 12.2 Å². The van der Waals surface area contributed by atoms with E-state index in [1.165, 1.54) is 24.8 Å². The highest BCUT2D eigenvalue weighted by molar-refractivity contribution is 5.79. The molecule has 0 heterocycles. The minimum Gasteiger partial charge on any atom is -0.493 e. The smallest absolute Gasteiger partial charge is 0.161 e. The number of benzene rings is 2. The number of Topliss-reactive ketones (excluding diaryl/α,β-unsaturated/α-hetero) is 1. The van der Waals surface area contributed by atoms with Crippen LogP contribution in [-0.4, -0.2) is 30.7 Å². The van der Waals surface area contributed by atoms with E-state index in [0.717, 1.165) is 49.2 Å². The number of rotatable bonds is 19. The van der Waals surface area contributed by atoms with E-state index in [9.17, 15) is 9.90 Å². The maximum atomic E-state index is 12.4. The number of aliphatic hydroxyl groups is 1. The van der Waals surface area contributed by atoms with Gasteiger partial charge in [0, 0.05) is 12.8 Å². The molecule has 0 aliphatic carbocycles. The standard InChI is InChI=1S/C31H46O4/c1-25(2)13-12-22-35-31-23-27(19-21-30(31)34-3)18-20-29(33)24-28(32)17-11-6-4-5-8-14-26-15-9-7-10-16-26/h7,9-10,15-16,19,21,23,25,28,32H,4-6,8,11-14,17-18,20,22,24H2,1-3H3/t28-/m0/s1. The Bertz CT molecular complexity index is 831. The molecule has 0 spiro atoms. The minimum absolute atomic E-state index is 0.121. The Kier molecular flexibility index (Phi) is 14.2. The Morgan fingerprint density at radius 1 is 0.829 bits per heavy atom. The first-order chi connectivity index (χ1) is 17.0. The van der Waals surface area contributed by atoms with Gasteiger partial charge in [0.15, 0.2) is 11.5 Å². The molecule has 0 saturated carbocycles. The second-order valence-corrected chi connectivity index (χ2v) is 10.1. The van der Waals surface area contributed by atoms with Gasteiger partial charge in [-0.25, -0.2) is 0 Å². The molecular formula is C31H46O4. The van der Waals surface area contributed by atoms with Gasteiger partial charge in [0.1, 0.15) is 5.78 Å². The van der Waals surface area contributed by atoms with Gasteiger partial charge in [0.25, 0.3) is 0 Å². The fraction of sp³-hybridized carbons (Fsp3) is 0.581. The van der Waals surface area contributed by atoms with Gasteiger partial charge in [0.2, 0.25) is 0 Å². The molecule has 0 unspecified atom stereocenters. The van der Waals surface area contributed by atoms with E-state index in [0.29, 0.717) is 31.8 Å². The number of ketones is 1. The van der Waals surface area contributed by atoms with Crippen LogP contribution in [0.1, 0.15) is 89.2 Å². The van der Waals surface area contributed by atoms with Crippen molar-refractivity contribution in [3.63, 3.8) is 0 Å². The van der Waals surface area contributed by atoms with Crippen LogP contribution in [0.2, 0.25) is 0 Å². The Morgan fingerprint density at radius 3 is 2.31 bits per heavy atom. The van der Waals surface area contributed by atoms with Gasteiger partial charge in [-0.15, -0.1) is 0 Å². The number of ether oxygens (including phenoxy) is 2. The lowest BCUT2D eigenvalue weighted by Gasteiger charge is -2.13. The zero-order valence-corrected chi connectivity index (χ0v) is 22.1. The molecular weight excluding hydrogens is 436 g/mol. The first-order valence-corrected chi connectivity index (χ1v) is 13.5. The number of unbranched alkanes of at least 4 members (excludes halogenated alkanes) is 4. The van der Waals surface area contributed by atoms with Crippen molar-refractivity contribution < 1.29 is 19.4 Å². The van der Waals surface area contributed by atoms with Gasteiger partial charge in [0.05, 0.1) is 19.8 Å². The second-order valence-electron chi connectivity index (χ2n) is 10.1. The third-order valence-electron chi connectivity index (χ3n) is 6.41. The highest BCUT2D eigenvalue weighted by Gasteiger charge is 2.12. The predicted octanol–water partition coefficient (Wildman–Crippen LogP) is 7.35. The maximum Gasteiger partial charge on any atom is 0.161 e. The summed E-state index contributed by atoms with van der Waals surface area (Å²) in [6.45, 7) is 5.09. The van der Waals surface area contributed by atoms with Crippen LogP contribution in [0.4, 0.5) is 0 Å². The van der Waals surface area contributed by atoms with E-state index in [1.807, 2.05) is 18.2 Å². The summed E-state index contributed by atoms with van der Waals surface area (Å²) in [6.07, 6.45) is 10.5.